The Morgan fingerprint density at radius 2 is 1.82 bits per heavy atom. The van der Waals surface area contributed by atoms with Crippen LogP contribution in [-0.4, -0.2) is 47.6 Å². The van der Waals surface area contributed by atoms with Crippen LogP contribution >= 0.6 is 0 Å². The lowest BCUT2D eigenvalue weighted by Crippen LogP contribution is -2.41. The van der Waals surface area contributed by atoms with Crippen LogP contribution in [0.1, 0.15) is 12.0 Å². The standard InChI is InChI=1S/C26H23N3O5/c1-34-20-6-4-16(5-7-20)2-3-17-8-10-27-21(12-17)23-14-19(26(32)33)15-24(29-23)22-13-18(25(30)31)9-11-28-22/h4-10,13-15,17,23,28-29H,11-12H2,1H3,(H,30,31)(H,32,33). The summed E-state index contributed by atoms with van der Waals surface area (Å²) in [7, 11) is 1.61. The zero-order valence-corrected chi connectivity index (χ0v) is 18.4. The molecule has 1 aromatic carbocycles. The van der Waals surface area contributed by atoms with Crippen molar-refractivity contribution < 1.29 is 24.5 Å². The summed E-state index contributed by atoms with van der Waals surface area (Å²) in [6.07, 6.45) is 10.3. The first-order chi connectivity index (χ1) is 16.4. The first kappa shape index (κ1) is 22.7. The number of nitrogens with one attached hydrogen (secondary N) is 2. The molecule has 0 aromatic heterocycles. The molecule has 0 fully saturated rings. The fourth-order valence-corrected chi connectivity index (χ4v) is 3.71. The van der Waals surface area contributed by atoms with Crippen LogP contribution in [0.2, 0.25) is 0 Å². The second kappa shape index (κ2) is 9.96. The molecule has 3 aliphatic rings. The highest BCUT2D eigenvalue weighted by Gasteiger charge is 2.26. The minimum atomic E-state index is -1.07. The van der Waals surface area contributed by atoms with Crippen molar-refractivity contribution in [1.82, 2.24) is 10.6 Å². The maximum absolute atomic E-state index is 11.8. The number of aliphatic carboxylic acids is 2. The van der Waals surface area contributed by atoms with E-state index in [1.807, 2.05) is 30.3 Å². The van der Waals surface area contributed by atoms with Gasteiger partial charge in [-0.15, -0.1) is 0 Å². The maximum Gasteiger partial charge on any atom is 0.335 e. The normalized spacial score (nSPS) is 21.1. The zero-order valence-electron chi connectivity index (χ0n) is 18.4. The van der Waals surface area contributed by atoms with Crippen molar-refractivity contribution >= 4 is 17.7 Å². The summed E-state index contributed by atoms with van der Waals surface area (Å²) in [6.45, 7) is 0.329. The van der Waals surface area contributed by atoms with Gasteiger partial charge >= 0.3 is 11.9 Å². The second-order valence-electron chi connectivity index (χ2n) is 7.78. The number of rotatable bonds is 5. The number of aliphatic imine (C=N–C) groups is 1. The van der Waals surface area contributed by atoms with E-state index in [0.717, 1.165) is 17.0 Å². The smallest absolute Gasteiger partial charge is 0.335 e. The first-order valence-corrected chi connectivity index (χ1v) is 10.6. The number of hydrogen-bond acceptors (Lipinski definition) is 6. The van der Waals surface area contributed by atoms with Crippen molar-refractivity contribution in [2.45, 2.75) is 12.5 Å². The van der Waals surface area contributed by atoms with Crippen LogP contribution in [0.5, 0.6) is 5.75 Å². The van der Waals surface area contributed by atoms with E-state index in [2.05, 4.69) is 27.5 Å². The van der Waals surface area contributed by atoms with Crippen molar-refractivity contribution in [2.24, 2.45) is 10.9 Å². The summed E-state index contributed by atoms with van der Waals surface area (Å²) < 4.78 is 5.17. The zero-order chi connectivity index (χ0) is 24.1. The maximum atomic E-state index is 11.8. The minimum absolute atomic E-state index is 0.0824. The van der Waals surface area contributed by atoms with E-state index in [9.17, 15) is 19.8 Å². The van der Waals surface area contributed by atoms with E-state index in [-0.39, 0.29) is 17.1 Å². The van der Waals surface area contributed by atoms with Gasteiger partial charge < -0.3 is 25.6 Å². The van der Waals surface area contributed by atoms with Gasteiger partial charge in [-0.3, -0.25) is 4.99 Å². The number of allylic oxidation sites excluding steroid dienone is 1. The molecular weight excluding hydrogens is 434 g/mol. The van der Waals surface area contributed by atoms with Crippen LogP contribution in [0.4, 0.5) is 0 Å². The number of methoxy groups -OCH3 is 1. The van der Waals surface area contributed by atoms with Crippen molar-refractivity contribution in [1.29, 1.82) is 0 Å². The molecule has 0 bridgehead atoms. The molecule has 0 amide bonds. The second-order valence-corrected chi connectivity index (χ2v) is 7.78. The highest BCUT2D eigenvalue weighted by atomic mass is 16.5. The lowest BCUT2D eigenvalue weighted by atomic mass is 9.92. The number of dihydropyridines is 2. The van der Waals surface area contributed by atoms with E-state index in [1.54, 1.807) is 25.5 Å². The summed E-state index contributed by atoms with van der Waals surface area (Å²) in [5.74, 6) is 4.96. The molecule has 3 aliphatic heterocycles. The predicted octanol–water partition coefficient (Wildman–Crippen LogP) is 2.39. The largest absolute Gasteiger partial charge is 0.497 e. The van der Waals surface area contributed by atoms with E-state index in [4.69, 9.17) is 4.74 Å². The third kappa shape index (κ3) is 5.27. The van der Waals surface area contributed by atoms with Crippen molar-refractivity contribution in [3.05, 3.63) is 88.9 Å². The number of carboxylic acid groups (broad SMARTS) is 2. The van der Waals surface area contributed by atoms with Crippen LogP contribution in [0.25, 0.3) is 0 Å². The van der Waals surface area contributed by atoms with Gasteiger partial charge in [0.1, 0.15) is 5.75 Å². The average Bonchev–Trinajstić information content (AvgIpc) is 2.87. The molecule has 8 heteroatoms. The van der Waals surface area contributed by atoms with Crippen LogP contribution in [0, 0.1) is 17.8 Å². The van der Waals surface area contributed by atoms with Gasteiger partial charge in [0, 0.05) is 36.4 Å². The molecule has 0 saturated carbocycles. The molecule has 4 rings (SSSR count). The number of carboxylic acids is 2. The first-order valence-electron chi connectivity index (χ1n) is 10.6. The van der Waals surface area contributed by atoms with Crippen molar-refractivity contribution in [2.75, 3.05) is 13.7 Å². The Labute approximate surface area is 196 Å². The Morgan fingerprint density at radius 1 is 1.09 bits per heavy atom. The van der Waals surface area contributed by atoms with Gasteiger partial charge in [-0.2, -0.15) is 0 Å². The Bertz CT molecular complexity index is 1250. The molecular formula is C26H23N3O5. The third-order valence-corrected chi connectivity index (χ3v) is 5.49. The van der Waals surface area contributed by atoms with E-state index in [1.165, 1.54) is 12.2 Å². The number of ether oxygens (including phenoxy) is 1. The average molecular weight is 457 g/mol. The van der Waals surface area contributed by atoms with Gasteiger partial charge in [-0.05, 0) is 42.5 Å². The summed E-state index contributed by atoms with van der Waals surface area (Å²) in [4.78, 5) is 27.6. The fraction of sp³-hybridized carbons (Fsp3) is 0.192. The van der Waals surface area contributed by atoms with E-state index in [0.29, 0.717) is 24.4 Å². The van der Waals surface area contributed by atoms with Gasteiger partial charge in [0.25, 0.3) is 0 Å². The molecule has 34 heavy (non-hydrogen) atoms. The molecule has 0 saturated heterocycles. The number of hydrogen-bond donors (Lipinski definition) is 4. The third-order valence-electron chi connectivity index (χ3n) is 5.49. The quantitative estimate of drug-likeness (QED) is 0.501. The molecule has 2 unspecified atom stereocenters. The van der Waals surface area contributed by atoms with Gasteiger partial charge in [-0.25, -0.2) is 9.59 Å². The summed E-state index contributed by atoms with van der Waals surface area (Å²) in [5, 5.41) is 25.3. The Hall–Kier alpha value is -4.51. The molecule has 172 valence electrons. The molecule has 0 aliphatic carbocycles. The lowest BCUT2D eigenvalue weighted by molar-refractivity contribution is -0.133. The van der Waals surface area contributed by atoms with Gasteiger partial charge in [0.2, 0.25) is 0 Å². The van der Waals surface area contributed by atoms with E-state index >= 15 is 0 Å². The molecule has 8 nitrogen and oxygen atoms in total. The van der Waals surface area contributed by atoms with Crippen molar-refractivity contribution in [3.63, 3.8) is 0 Å². The van der Waals surface area contributed by atoms with Gasteiger partial charge in [0.15, 0.2) is 0 Å². The number of carbonyl (C=O) groups is 2. The lowest BCUT2D eigenvalue weighted by Gasteiger charge is -2.28. The van der Waals surface area contributed by atoms with Gasteiger partial charge in [0.05, 0.1) is 35.7 Å². The van der Waals surface area contributed by atoms with E-state index < -0.39 is 18.0 Å². The van der Waals surface area contributed by atoms with Crippen molar-refractivity contribution in [3.8, 4) is 17.6 Å². The van der Waals surface area contributed by atoms with Crippen LogP contribution < -0.4 is 15.4 Å². The highest BCUT2D eigenvalue weighted by Crippen LogP contribution is 2.23. The molecule has 3 heterocycles. The van der Waals surface area contributed by atoms with Crippen LogP contribution in [-0.2, 0) is 9.59 Å². The summed E-state index contributed by atoms with van der Waals surface area (Å²) in [6, 6.07) is 7.01. The molecule has 4 N–H and O–H groups in total. The SMILES string of the molecule is COc1ccc(C#CC2C=CN=C(C3C=C(C(=O)O)C=C(C4=CC(C(=O)O)=CCN4)N3)C2)cc1. The van der Waals surface area contributed by atoms with Gasteiger partial charge in [-0.1, -0.05) is 24.0 Å². The topological polar surface area (TPSA) is 120 Å². The van der Waals surface area contributed by atoms with Crippen LogP contribution in [0.3, 0.4) is 0 Å². The number of nitrogens with zero attached hydrogens (tertiary/aromatic N) is 1. The molecule has 1 aromatic rings. The minimum Gasteiger partial charge on any atom is -0.497 e. The summed E-state index contributed by atoms with van der Waals surface area (Å²) >= 11 is 0. The molecule has 0 radical (unpaired) electrons. The molecule has 0 spiro atoms. The number of benzene rings is 1. The highest BCUT2D eigenvalue weighted by molar-refractivity contribution is 5.98. The summed E-state index contributed by atoms with van der Waals surface area (Å²) in [5.41, 5.74) is 2.86. The molecule has 2 atom stereocenters. The Morgan fingerprint density at radius 3 is 2.53 bits per heavy atom. The Balaban J connectivity index is 1.53. The monoisotopic (exact) mass is 457 g/mol. The Kier molecular flexibility index (Phi) is 6.64. The fourth-order valence-electron chi connectivity index (χ4n) is 3.71. The predicted molar refractivity (Wildman–Crippen MR) is 127 cm³/mol. The van der Waals surface area contributed by atoms with Crippen LogP contribution in [0.15, 0.2) is 88.4 Å².